The second kappa shape index (κ2) is 7.84. The lowest BCUT2D eigenvalue weighted by atomic mass is 10.00. The van der Waals surface area contributed by atoms with Gasteiger partial charge in [0.2, 0.25) is 0 Å². The molecule has 3 amide bonds. The van der Waals surface area contributed by atoms with Crippen molar-refractivity contribution in [3.63, 3.8) is 0 Å². The molecule has 0 bridgehead atoms. The highest BCUT2D eigenvalue weighted by Crippen LogP contribution is 2.20. The van der Waals surface area contributed by atoms with Crippen molar-refractivity contribution < 1.29 is 9.59 Å². The summed E-state index contributed by atoms with van der Waals surface area (Å²) < 4.78 is 0. The molecule has 0 fully saturated rings. The van der Waals surface area contributed by atoms with Crippen LogP contribution in [-0.4, -0.2) is 25.5 Å². The number of benzene rings is 1. The van der Waals surface area contributed by atoms with Gasteiger partial charge in [0.05, 0.1) is 10.6 Å². The van der Waals surface area contributed by atoms with Crippen molar-refractivity contribution in [2.75, 3.05) is 18.9 Å². The number of carbonyl (C=O) groups is 2. The fraction of sp³-hybridized carbons (Fsp3) is 0.375. The molecule has 1 aliphatic rings. The summed E-state index contributed by atoms with van der Waals surface area (Å²) in [6.45, 7) is 0.557. The maximum absolute atomic E-state index is 11.9. The monoisotopic (exact) mass is 321 g/mol. The van der Waals surface area contributed by atoms with Crippen LogP contribution in [0.15, 0.2) is 29.8 Å². The largest absolute Gasteiger partial charge is 0.355 e. The van der Waals surface area contributed by atoms with Crippen molar-refractivity contribution in [1.82, 2.24) is 10.6 Å². The topological polar surface area (TPSA) is 70.2 Å². The Morgan fingerprint density at radius 2 is 2.09 bits per heavy atom. The summed E-state index contributed by atoms with van der Waals surface area (Å²) in [5, 5.41) is 8.40. The lowest BCUT2D eigenvalue weighted by Gasteiger charge is -2.14. The number of rotatable bonds is 4. The maximum Gasteiger partial charge on any atom is 0.319 e. The number of anilines is 1. The van der Waals surface area contributed by atoms with Crippen LogP contribution < -0.4 is 16.0 Å². The number of carbonyl (C=O) groups excluding carboxylic acids is 2. The van der Waals surface area contributed by atoms with Crippen molar-refractivity contribution in [3.05, 3.63) is 40.4 Å². The molecule has 1 aromatic carbocycles. The minimum Gasteiger partial charge on any atom is -0.355 e. The fourth-order valence-corrected chi connectivity index (χ4v) is 2.55. The zero-order valence-corrected chi connectivity index (χ0v) is 13.3. The smallest absolute Gasteiger partial charge is 0.319 e. The molecule has 0 atom stereocenters. The predicted octanol–water partition coefficient (Wildman–Crippen LogP) is 3.32. The van der Waals surface area contributed by atoms with Crippen LogP contribution in [-0.2, 0) is 0 Å². The van der Waals surface area contributed by atoms with E-state index in [2.05, 4.69) is 22.0 Å². The third-order valence-corrected chi connectivity index (χ3v) is 3.89. The summed E-state index contributed by atoms with van der Waals surface area (Å²) in [6.07, 6.45) is 6.73. The molecule has 1 aromatic rings. The zero-order chi connectivity index (χ0) is 15.9. The van der Waals surface area contributed by atoms with Crippen LogP contribution in [0.5, 0.6) is 0 Å². The Kier molecular flexibility index (Phi) is 5.83. The number of amides is 3. The number of hydrogen-bond donors (Lipinski definition) is 3. The Labute approximate surface area is 135 Å². The number of urea groups is 1. The summed E-state index contributed by atoms with van der Waals surface area (Å²) in [4.78, 5) is 23.6. The van der Waals surface area contributed by atoms with Crippen LogP contribution in [0.25, 0.3) is 0 Å². The molecule has 3 N–H and O–H groups in total. The van der Waals surface area contributed by atoms with Gasteiger partial charge in [-0.25, -0.2) is 4.79 Å². The molecule has 0 aromatic heterocycles. The Balaban J connectivity index is 1.93. The number of halogens is 1. The van der Waals surface area contributed by atoms with Gasteiger partial charge in [-0.15, -0.1) is 0 Å². The predicted molar refractivity (Wildman–Crippen MR) is 88.4 cm³/mol. The van der Waals surface area contributed by atoms with Gasteiger partial charge in [-0.1, -0.05) is 23.3 Å². The van der Waals surface area contributed by atoms with Crippen molar-refractivity contribution >= 4 is 29.2 Å². The first-order valence-corrected chi connectivity index (χ1v) is 7.72. The van der Waals surface area contributed by atoms with E-state index in [1.165, 1.54) is 25.5 Å². The quantitative estimate of drug-likeness (QED) is 0.744. The molecule has 0 saturated carbocycles. The molecular weight excluding hydrogens is 302 g/mol. The summed E-state index contributed by atoms with van der Waals surface area (Å²) in [5.41, 5.74) is 2.12. The van der Waals surface area contributed by atoms with E-state index in [0.717, 1.165) is 12.8 Å². The van der Waals surface area contributed by atoms with Crippen LogP contribution in [0.3, 0.4) is 0 Å². The molecule has 0 spiro atoms. The molecule has 5 nitrogen and oxygen atoms in total. The van der Waals surface area contributed by atoms with E-state index in [1.807, 2.05) is 0 Å². The second-order valence-electron chi connectivity index (χ2n) is 5.19. The van der Waals surface area contributed by atoms with Crippen LogP contribution in [0.2, 0.25) is 5.02 Å². The highest BCUT2D eigenvalue weighted by molar-refractivity contribution is 6.34. The van der Waals surface area contributed by atoms with Gasteiger partial charge >= 0.3 is 6.03 Å². The lowest BCUT2D eigenvalue weighted by molar-refractivity contribution is 0.0963. The van der Waals surface area contributed by atoms with Crippen molar-refractivity contribution in [2.24, 2.45) is 0 Å². The molecule has 118 valence electrons. The molecule has 22 heavy (non-hydrogen) atoms. The van der Waals surface area contributed by atoms with Gasteiger partial charge in [0.1, 0.15) is 0 Å². The maximum atomic E-state index is 11.9. The van der Waals surface area contributed by atoms with Crippen molar-refractivity contribution in [3.8, 4) is 0 Å². The minimum atomic E-state index is -0.295. The van der Waals surface area contributed by atoms with E-state index in [4.69, 9.17) is 11.6 Å². The van der Waals surface area contributed by atoms with Crippen LogP contribution in [0, 0.1) is 0 Å². The zero-order valence-electron chi connectivity index (χ0n) is 12.5. The van der Waals surface area contributed by atoms with E-state index in [1.54, 1.807) is 18.2 Å². The Morgan fingerprint density at radius 3 is 2.77 bits per heavy atom. The average molecular weight is 322 g/mol. The Bertz CT molecular complexity index is 599. The van der Waals surface area contributed by atoms with Crippen molar-refractivity contribution in [2.45, 2.75) is 25.7 Å². The molecular formula is C16H20ClN3O2. The van der Waals surface area contributed by atoms with E-state index in [0.29, 0.717) is 22.8 Å². The van der Waals surface area contributed by atoms with E-state index in [-0.39, 0.29) is 11.9 Å². The van der Waals surface area contributed by atoms with Gasteiger partial charge < -0.3 is 16.0 Å². The first-order valence-electron chi connectivity index (χ1n) is 7.34. The molecule has 0 heterocycles. The van der Waals surface area contributed by atoms with E-state index in [9.17, 15) is 9.59 Å². The molecule has 0 aliphatic heterocycles. The summed E-state index contributed by atoms with van der Waals surface area (Å²) >= 11 is 5.97. The first kappa shape index (κ1) is 16.4. The molecule has 0 saturated heterocycles. The molecule has 0 radical (unpaired) electrons. The van der Waals surface area contributed by atoms with Crippen molar-refractivity contribution in [1.29, 1.82) is 0 Å². The van der Waals surface area contributed by atoms with Crippen LogP contribution in [0.1, 0.15) is 36.0 Å². The molecule has 6 heteroatoms. The van der Waals surface area contributed by atoms with Gasteiger partial charge in [-0.05, 0) is 43.9 Å². The SMILES string of the molecule is CNC(=O)c1cc(NC(=O)NCC2=CCCCC2)ccc1Cl. The number of allylic oxidation sites excluding steroid dienone is 1. The third-order valence-electron chi connectivity index (χ3n) is 3.56. The number of hydrogen-bond acceptors (Lipinski definition) is 2. The van der Waals surface area contributed by atoms with E-state index < -0.39 is 0 Å². The highest BCUT2D eigenvalue weighted by atomic mass is 35.5. The van der Waals surface area contributed by atoms with Gasteiger partial charge in [-0.2, -0.15) is 0 Å². The minimum absolute atomic E-state index is 0.290. The van der Waals surface area contributed by atoms with Gasteiger partial charge in [0.25, 0.3) is 5.91 Å². The third kappa shape index (κ3) is 4.49. The summed E-state index contributed by atoms with van der Waals surface area (Å²) in [5.74, 6) is -0.290. The molecule has 2 rings (SSSR count). The first-order chi connectivity index (χ1) is 10.6. The standard InChI is InChI=1S/C16H20ClN3O2/c1-18-15(21)13-9-12(7-8-14(13)17)20-16(22)19-10-11-5-3-2-4-6-11/h5,7-9H,2-4,6,10H2,1H3,(H,18,21)(H2,19,20,22). The van der Waals surface area contributed by atoms with Crippen LogP contribution in [0.4, 0.5) is 10.5 Å². The Hall–Kier alpha value is -2.01. The highest BCUT2D eigenvalue weighted by Gasteiger charge is 2.11. The van der Waals surface area contributed by atoms with Gasteiger partial charge in [0.15, 0.2) is 0 Å². The number of nitrogens with one attached hydrogen (secondary N) is 3. The van der Waals surface area contributed by atoms with Gasteiger partial charge in [-0.3, -0.25) is 4.79 Å². The fourth-order valence-electron chi connectivity index (χ4n) is 2.35. The van der Waals surface area contributed by atoms with Crippen LogP contribution >= 0.6 is 11.6 Å². The normalized spacial score (nSPS) is 14.0. The lowest BCUT2D eigenvalue weighted by Crippen LogP contribution is -2.30. The second-order valence-corrected chi connectivity index (χ2v) is 5.60. The van der Waals surface area contributed by atoms with Gasteiger partial charge in [0, 0.05) is 19.3 Å². The summed E-state index contributed by atoms with van der Waals surface area (Å²) in [7, 11) is 1.53. The molecule has 0 unspecified atom stereocenters. The van der Waals surface area contributed by atoms with E-state index >= 15 is 0 Å². The Morgan fingerprint density at radius 1 is 1.27 bits per heavy atom. The summed E-state index contributed by atoms with van der Waals surface area (Å²) in [6, 6.07) is 4.51. The average Bonchev–Trinajstić information content (AvgIpc) is 2.55. The molecule has 1 aliphatic carbocycles.